The summed E-state index contributed by atoms with van der Waals surface area (Å²) in [6.45, 7) is 0.892. The van der Waals surface area contributed by atoms with Gasteiger partial charge in [-0.25, -0.2) is 18.6 Å². The van der Waals surface area contributed by atoms with Gasteiger partial charge in [-0.1, -0.05) is 11.6 Å². The molecule has 4 aromatic heterocycles. The molecule has 0 fully saturated rings. The van der Waals surface area contributed by atoms with Crippen molar-refractivity contribution >= 4 is 28.7 Å². The summed E-state index contributed by atoms with van der Waals surface area (Å²) in [5.41, 5.74) is 5.52. The predicted molar refractivity (Wildman–Crippen MR) is 135 cm³/mol. The van der Waals surface area contributed by atoms with Crippen molar-refractivity contribution in [3.8, 4) is 33.8 Å². The fourth-order valence-electron chi connectivity index (χ4n) is 4.45. The van der Waals surface area contributed by atoms with Gasteiger partial charge in [0, 0.05) is 48.1 Å². The number of halogens is 3. The topological polar surface area (TPSA) is 110 Å². The number of pyridine rings is 2. The first-order chi connectivity index (χ1) is 18.4. The molecule has 0 unspecified atom stereocenters. The lowest BCUT2D eigenvalue weighted by molar-refractivity contribution is 0.118. The first-order valence-corrected chi connectivity index (χ1v) is 11.9. The molecule has 0 radical (unpaired) electrons. The summed E-state index contributed by atoms with van der Waals surface area (Å²) in [6.07, 6.45) is 3.46. The highest BCUT2D eigenvalue weighted by Crippen LogP contribution is 2.34. The van der Waals surface area contributed by atoms with Crippen LogP contribution in [0.1, 0.15) is 11.3 Å². The number of carbonyl (C=O) groups is 1. The number of aromatic nitrogens is 6. The van der Waals surface area contributed by atoms with E-state index in [0.29, 0.717) is 53.1 Å². The maximum atomic E-state index is 14.6. The summed E-state index contributed by atoms with van der Waals surface area (Å²) < 4.78 is 33.1. The number of amides is 1. The molecule has 1 aliphatic rings. The minimum Gasteiger partial charge on any atom is -0.453 e. The molecule has 9 nitrogen and oxygen atoms in total. The normalized spacial score (nSPS) is 13.0. The Balaban J connectivity index is 1.37. The Morgan fingerprint density at radius 3 is 2.76 bits per heavy atom. The van der Waals surface area contributed by atoms with Gasteiger partial charge in [0.15, 0.2) is 0 Å². The number of carbonyl (C=O) groups excluding carboxylic acids is 1. The van der Waals surface area contributed by atoms with E-state index in [1.807, 2.05) is 12.1 Å². The van der Waals surface area contributed by atoms with Gasteiger partial charge in [0.1, 0.15) is 17.3 Å². The van der Waals surface area contributed by atoms with E-state index in [0.717, 1.165) is 17.3 Å². The summed E-state index contributed by atoms with van der Waals surface area (Å²) in [7, 11) is 1.36. The molecular formula is C26H18ClF2N7O2. The fraction of sp³-hybridized carbons (Fsp3) is 0.154. The Labute approximate surface area is 219 Å². The van der Waals surface area contributed by atoms with E-state index in [-0.39, 0.29) is 22.4 Å². The molecule has 0 bridgehead atoms. The van der Waals surface area contributed by atoms with E-state index in [4.69, 9.17) is 21.3 Å². The molecule has 0 spiro atoms. The Morgan fingerprint density at radius 2 is 1.92 bits per heavy atom. The zero-order chi connectivity index (χ0) is 26.4. The van der Waals surface area contributed by atoms with Crippen LogP contribution in [-0.2, 0) is 17.7 Å². The van der Waals surface area contributed by atoms with Crippen LogP contribution in [-0.4, -0.2) is 55.0 Å². The number of methoxy groups -OCH3 is 1. The molecule has 38 heavy (non-hydrogen) atoms. The van der Waals surface area contributed by atoms with Crippen molar-refractivity contribution in [1.82, 2.24) is 35.3 Å². The third-order valence-corrected chi connectivity index (χ3v) is 6.68. The quantitative estimate of drug-likeness (QED) is 0.317. The largest absolute Gasteiger partial charge is 0.453 e. The molecule has 0 saturated heterocycles. The third-order valence-electron chi connectivity index (χ3n) is 6.39. The Morgan fingerprint density at radius 1 is 1.05 bits per heavy atom. The highest BCUT2D eigenvalue weighted by molar-refractivity contribution is 6.31. The van der Waals surface area contributed by atoms with E-state index < -0.39 is 11.6 Å². The lowest BCUT2D eigenvalue weighted by atomic mass is 10.0. The van der Waals surface area contributed by atoms with Crippen LogP contribution in [0.3, 0.4) is 0 Å². The highest BCUT2D eigenvalue weighted by Gasteiger charge is 2.23. The molecule has 5 heterocycles. The zero-order valence-electron chi connectivity index (χ0n) is 19.9. The van der Waals surface area contributed by atoms with Crippen LogP contribution in [0.5, 0.6) is 0 Å². The van der Waals surface area contributed by atoms with Crippen LogP contribution in [0, 0.1) is 11.6 Å². The van der Waals surface area contributed by atoms with Gasteiger partial charge < -0.3 is 9.64 Å². The Kier molecular flexibility index (Phi) is 5.91. The summed E-state index contributed by atoms with van der Waals surface area (Å²) in [5, 5.41) is 15.4. The molecule has 1 aliphatic heterocycles. The summed E-state index contributed by atoms with van der Waals surface area (Å²) in [5.74, 6) is -1.64. The van der Waals surface area contributed by atoms with E-state index in [9.17, 15) is 13.6 Å². The molecular weight excluding hydrogens is 516 g/mol. The average molecular weight is 534 g/mol. The van der Waals surface area contributed by atoms with Crippen molar-refractivity contribution in [2.75, 3.05) is 13.7 Å². The molecule has 0 saturated carbocycles. The van der Waals surface area contributed by atoms with Gasteiger partial charge in [-0.3, -0.25) is 10.1 Å². The standard InChI is InChI=1S/C26H18ClF2N7O2/c1-38-26(37)36-5-4-20-14(12-36)7-23(34-33-20)13-6-24-22(30-10-13)3-2-21(32-24)16-11-31-35-25(16)15-8-17(27)19(29)9-18(15)28/h2-3,6-11H,4-5,12H2,1H3,(H,31,35). The van der Waals surface area contributed by atoms with Gasteiger partial charge in [0.2, 0.25) is 0 Å². The zero-order valence-corrected chi connectivity index (χ0v) is 20.6. The number of benzene rings is 1. The number of nitrogens with one attached hydrogen (secondary N) is 1. The fourth-order valence-corrected chi connectivity index (χ4v) is 4.61. The molecule has 1 aromatic carbocycles. The smallest absolute Gasteiger partial charge is 0.409 e. The van der Waals surface area contributed by atoms with Crippen molar-refractivity contribution in [3.05, 3.63) is 76.7 Å². The van der Waals surface area contributed by atoms with Gasteiger partial charge in [0.05, 0.1) is 46.8 Å². The maximum Gasteiger partial charge on any atom is 0.409 e. The number of fused-ring (bicyclic) bond motifs is 2. The van der Waals surface area contributed by atoms with Crippen LogP contribution in [0.2, 0.25) is 5.02 Å². The van der Waals surface area contributed by atoms with Crippen molar-refractivity contribution in [2.45, 2.75) is 13.0 Å². The van der Waals surface area contributed by atoms with Crippen LogP contribution in [0.25, 0.3) is 44.8 Å². The Bertz CT molecular complexity index is 1730. The number of aromatic amines is 1. The molecule has 1 amide bonds. The predicted octanol–water partition coefficient (Wildman–Crippen LogP) is 5.20. The third kappa shape index (κ3) is 4.20. The van der Waals surface area contributed by atoms with Gasteiger partial charge in [-0.2, -0.15) is 15.3 Å². The average Bonchev–Trinajstić information content (AvgIpc) is 3.43. The van der Waals surface area contributed by atoms with Crippen LogP contribution in [0.15, 0.2) is 48.8 Å². The second-order valence-electron chi connectivity index (χ2n) is 8.70. The number of hydrogen-bond donors (Lipinski definition) is 1. The molecule has 12 heteroatoms. The highest BCUT2D eigenvalue weighted by atomic mass is 35.5. The first-order valence-electron chi connectivity index (χ1n) is 11.6. The number of ether oxygens (including phenoxy) is 1. The molecule has 1 N–H and O–H groups in total. The van der Waals surface area contributed by atoms with Crippen molar-refractivity contribution in [3.63, 3.8) is 0 Å². The van der Waals surface area contributed by atoms with E-state index >= 15 is 0 Å². The number of H-pyrrole nitrogens is 1. The number of rotatable bonds is 3. The Hall–Kier alpha value is -4.51. The van der Waals surface area contributed by atoms with Gasteiger partial charge in [0.25, 0.3) is 0 Å². The van der Waals surface area contributed by atoms with Crippen molar-refractivity contribution < 1.29 is 18.3 Å². The molecule has 5 aromatic rings. The van der Waals surface area contributed by atoms with Crippen LogP contribution < -0.4 is 0 Å². The lowest BCUT2D eigenvalue weighted by Gasteiger charge is -2.26. The summed E-state index contributed by atoms with van der Waals surface area (Å²) >= 11 is 5.89. The number of nitrogens with zero attached hydrogens (tertiary/aromatic N) is 6. The minimum atomic E-state index is -0.851. The summed E-state index contributed by atoms with van der Waals surface area (Å²) in [4.78, 5) is 22.8. The maximum absolute atomic E-state index is 14.6. The molecule has 6 rings (SSSR count). The van der Waals surface area contributed by atoms with E-state index in [1.54, 1.807) is 29.4 Å². The van der Waals surface area contributed by atoms with E-state index in [2.05, 4.69) is 25.4 Å². The van der Waals surface area contributed by atoms with E-state index in [1.165, 1.54) is 13.2 Å². The van der Waals surface area contributed by atoms with Crippen molar-refractivity contribution in [1.29, 1.82) is 0 Å². The molecule has 190 valence electrons. The van der Waals surface area contributed by atoms with Crippen LogP contribution in [0.4, 0.5) is 13.6 Å². The molecule has 0 aliphatic carbocycles. The van der Waals surface area contributed by atoms with Gasteiger partial charge in [-0.05, 0) is 35.9 Å². The summed E-state index contributed by atoms with van der Waals surface area (Å²) in [6, 6.07) is 9.18. The van der Waals surface area contributed by atoms with Crippen LogP contribution >= 0.6 is 11.6 Å². The second kappa shape index (κ2) is 9.42. The van der Waals surface area contributed by atoms with Gasteiger partial charge in [-0.15, -0.1) is 0 Å². The number of hydrogen-bond acceptors (Lipinski definition) is 7. The monoisotopic (exact) mass is 533 g/mol. The van der Waals surface area contributed by atoms with Crippen molar-refractivity contribution in [2.24, 2.45) is 0 Å². The van der Waals surface area contributed by atoms with Gasteiger partial charge >= 0.3 is 6.09 Å². The lowest BCUT2D eigenvalue weighted by Crippen LogP contribution is -2.36. The molecule has 0 atom stereocenters. The first kappa shape index (κ1) is 23.9. The second-order valence-corrected chi connectivity index (χ2v) is 9.10. The SMILES string of the molecule is COC(=O)N1CCc2nnc(-c3cnc4ccc(-c5c[nH]nc5-c5cc(Cl)c(F)cc5F)nc4c3)cc2C1. The minimum absolute atomic E-state index is 0.0479.